The Morgan fingerprint density at radius 1 is 1.38 bits per heavy atom. The van der Waals surface area contributed by atoms with Gasteiger partial charge >= 0.3 is 0 Å². The standard InChI is InChI=1S/C3H6O2.CHNO/c1-2-5-3-4-1;2-1-3/h1-3H2;2H. The van der Waals surface area contributed by atoms with Gasteiger partial charge in [-0.25, -0.2) is 10.2 Å². The maximum atomic E-state index is 8.35. The SMILES string of the molecule is C1COCO1.N=C=O. The van der Waals surface area contributed by atoms with Crippen LogP contribution in [0.4, 0.5) is 0 Å². The summed E-state index contributed by atoms with van der Waals surface area (Å²) in [5, 5.41) is 5.40. The van der Waals surface area contributed by atoms with Crippen LogP contribution in [0.15, 0.2) is 0 Å². The molecule has 0 atom stereocenters. The minimum atomic E-state index is 0.500. The summed E-state index contributed by atoms with van der Waals surface area (Å²) in [5.74, 6) is 0. The Morgan fingerprint density at radius 3 is 1.88 bits per heavy atom. The Kier molecular flexibility index (Phi) is 5.75. The average molecular weight is 117 g/mol. The number of hydrogen-bond acceptors (Lipinski definition) is 4. The van der Waals surface area contributed by atoms with Crippen molar-refractivity contribution in [3.63, 3.8) is 0 Å². The number of nitrogens with one attached hydrogen (secondary N) is 1. The van der Waals surface area contributed by atoms with Gasteiger partial charge in [0.25, 0.3) is 0 Å². The van der Waals surface area contributed by atoms with Crippen LogP contribution in [0.1, 0.15) is 0 Å². The lowest BCUT2D eigenvalue weighted by atomic mass is 10.8. The van der Waals surface area contributed by atoms with Gasteiger partial charge in [-0.05, 0) is 0 Å². The molecule has 1 heterocycles. The van der Waals surface area contributed by atoms with E-state index in [1.807, 2.05) is 0 Å². The van der Waals surface area contributed by atoms with E-state index in [1.54, 1.807) is 0 Å². The summed E-state index contributed by atoms with van der Waals surface area (Å²) in [6, 6.07) is 0. The van der Waals surface area contributed by atoms with Gasteiger partial charge < -0.3 is 9.47 Å². The summed E-state index contributed by atoms with van der Waals surface area (Å²) in [6.45, 7) is 2.06. The maximum Gasteiger partial charge on any atom is 0.231 e. The summed E-state index contributed by atoms with van der Waals surface area (Å²) >= 11 is 0. The molecule has 1 fully saturated rings. The Bertz CT molecular complexity index is 65.7. The third kappa shape index (κ3) is 5.30. The normalized spacial score (nSPS) is 16.0. The Morgan fingerprint density at radius 2 is 1.75 bits per heavy atom. The van der Waals surface area contributed by atoms with Gasteiger partial charge in [0.2, 0.25) is 6.08 Å². The lowest BCUT2D eigenvalue weighted by Crippen LogP contribution is -1.79. The van der Waals surface area contributed by atoms with Crippen LogP contribution in [-0.2, 0) is 14.3 Å². The van der Waals surface area contributed by atoms with Crippen LogP contribution in [0.25, 0.3) is 0 Å². The molecule has 0 unspecified atom stereocenters. The highest BCUT2D eigenvalue weighted by molar-refractivity contribution is 5.26. The number of ether oxygens (including phenoxy) is 2. The van der Waals surface area contributed by atoms with Crippen LogP contribution in [0.5, 0.6) is 0 Å². The molecule has 0 spiro atoms. The van der Waals surface area contributed by atoms with E-state index >= 15 is 0 Å². The van der Waals surface area contributed by atoms with E-state index in [0.29, 0.717) is 6.79 Å². The number of rotatable bonds is 0. The molecular weight excluding hydrogens is 110 g/mol. The molecule has 0 bridgehead atoms. The zero-order chi connectivity index (χ0) is 6.24. The van der Waals surface area contributed by atoms with Gasteiger partial charge in [-0.1, -0.05) is 0 Å². The molecule has 0 aromatic heterocycles. The smallest absolute Gasteiger partial charge is 0.231 e. The number of hydrogen-bond donors (Lipinski definition) is 1. The Hall–Kier alpha value is -0.700. The molecule has 4 heteroatoms. The van der Waals surface area contributed by atoms with Crippen LogP contribution >= 0.6 is 0 Å². The zero-order valence-corrected chi connectivity index (χ0v) is 4.35. The summed E-state index contributed by atoms with van der Waals surface area (Å²) in [6.07, 6.45) is 0.750. The first-order valence-corrected chi connectivity index (χ1v) is 2.11. The molecule has 0 aromatic rings. The molecule has 8 heavy (non-hydrogen) atoms. The molecule has 1 saturated heterocycles. The van der Waals surface area contributed by atoms with Crippen molar-refractivity contribution >= 4 is 6.08 Å². The fourth-order valence-corrected chi connectivity index (χ4v) is 0.295. The first kappa shape index (κ1) is 7.30. The Labute approximate surface area is 46.9 Å². The molecule has 1 aliphatic heterocycles. The van der Waals surface area contributed by atoms with Crippen molar-refractivity contribution in [1.82, 2.24) is 0 Å². The second-order valence-electron chi connectivity index (χ2n) is 1.04. The van der Waals surface area contributed by atoms with E-state index in [9.17, 15) is 0 Å². The zero-order valence-electron chi connectivity index (χ0n) is 4.35. The lowest BCUT2D eigenvalue weighted by molar-refractivity contribution is 0.0692. The maximum absolute atomic E-state index is 8.35. The largest absolute Gasteiger partial charge is 0.353 e. The van der Waals surface area contributed by atoms with Crippen molar-refractivity contribution < 1.29 is 14.3 Å². The van der Waals surface area contributed by atoms with Crippen molar-refractivity contribution in [2.75, 3.05) is 20.0 Å². The van der Waals surface area contributed by atoms with Crippen molar-refractivity contribution in [2.45, 2.75) is 0 Å². The van der Waals surface area contributed by atoms with Crippen LogP contribution in [0.2, 0.25) is 0 Å². The first-order chi connectivity index (χ1) is 3.91. The molecule has 1 aliphatic rings. The molecule has 0 saturated carbocycles. The summed E-state index contributed by atoms with van der Waals surface area (Å²) in [4.78, 5) is 8.35. The van der Waals surface area contributed by atoms with Crippen LogP contribution < -0.4 is 0 Å². The molecule has 0 radical (unpaired) electrons. The highest BCUT2D eigenvalue weighted by atomic mass is 16.7. The van der Waals surface area contributed by atoms with E-state index in [4.69, 9.17) is 19.7 Å². The molecular formula is C4H7NO3. The van der Waals surface area contributed by atoms with Gasteiger partial charge in [0, 0.05) is 0 Å². The molecule has 0 amide bonds. The van der Waals surface area contributed by atoms with Gasteiger partial charge in [-0.3, -0.25) is 0 Å². The molecule has 1 N–H and O–H groups in total. The van der Waals surface area contributed by atoms with Crippen LogP contribution in [-0.4, -0.2) is 26.1 Å². The minimum Gasteiger partial charge on any atom is -0.353 e. The van der Waals surface area contributed by atoms with Crippen molar-refractivity contribution in [1.29, 1.82) is 5.41 Å². The topological polar surface area (TPSA) is 59.4 Å². The quantitative estimate of drug-likeness (QED) is 0.355. The Balaban J connectivity index is 0.000000145. The van der Waals surface area contributed by atoms with Gasteiger partial charge in [-0.2, -0.15) is 0 Å². The predicted molar refractivity (Wildman–Crippen MR) is 25.2 cm³/mol. The van der Waals surface area contributed by atoms with E-state index in [1.165, 1.54) is 0 Å². The summed E-state index contributed by atoms with van der Waals surface area (Å²) in [7, 11) is 0. The summed E-state index contributed by atoms with van der Waals surface area (Å²) < 4.78 is 9.44. The average Bonchev–Trinajstić information content (AvgIpc) is 2.17. The lowest BCUT2D eigenvalue weighted by Gasteiger charge is -1.76. The molecule has 4 nitrogen and oxygen atoms in total. The third-order valence-corrected chi connectivity index (χ3v) is 0.539. The molecule has 1 rings (SSSR count). The van der Waals surface area contributed by atoms with Gasteiger partial charge in [-0.15, -0.1) is 0 Å². The highest BCUT2D eigenvalue weighted by Crippen LogP contribution is 1.85. The molecule has 46 valence electrons. The van der Waals surface area contributed by atoms with Crippen molar-refractivity contribution in [3.05, 3.63) is 0 Å². The highest BCUT2D eigenvalue weighted by Gasteiger charge is 1.93. The third-order valence-electron chi connectivity index (χ3n) is 0.539. The monoisotopic (exact) mass is 117 g/mol. The minimum absolute atomic E-state index is 0.500. The van der Waals surface area contributed by atoms with Crippen LogP contribution in [0, 0.1) is 5.41 Å². The van der Waals surface area contributed by atoms with E-state index < -0.39 is 0 Å². The first-order valence-electron chi connectivity index (χ1n) is 2.11. The van der Waals surface area contributed by atoms with Crippen LogP contribution in [0.3, 0.4) is 0 Å². The fourth-order valence-electron chi connectivity index (χ4n) is 0.295. The number of carbonyl (C=O) groups excluding carboxylic acids is 1. The number of isocyanates is 1. The second-order valence-corrected chi connectivity index (χ2v) is 1.04. The molecule has 0 aromatic carbocycles. The fraction of sp³-hybridized carbons (Fsp3) is 0.750. The molecule has 0 aliphatic carbocycles. The van der Waals surface area contributed by atoms with Gasteiger partial charge in [0.05, 0.1) is 13.2 Å². The van der Waals surface area contributed by atoms with Crippen molar-refractivity contribution in [2.24, 2.45) is 0 Å². The van der Waals surface area contributed by atoms with E-state index in [2.05, 4.69) is 0 Å². The van der Waals surface area contributed by atoms with Gasteiger partial charge in [0.15, 0.2) is 0 Å². The van der Waals surface area contributed by atoms with E-state index in [0.717, 1.165) is 19.3 Å². The second kappa shape index (κ2) is 6.30. The predicted octanol–water partition coefficient (Wildman–Crippen LogP) is -0.108. The van der Waals surface area contributed by atoms with Crippen molar-refractivity contribution in [3.8, 4) is 0 Å². The van der Waals surface area contributed by atoms with E-state index in [-0.39, 0.29) is 0 Å². The van der Waals surface area contributed by atoms with Gasteiger partial charge in [0.1, 0.15) is 6.79 Å². The summed E-state index contributed by atoms with van der Waals surface area (Å²) in [5.41, 5.74) is 0.